The number of nitrogen functional groups attached to an aromatic ring is 2. The molecule has 4 N–H and O–H groups in total. The Labute approximate surface area is 180 Å². The molecule has 154 valence electrons. The largest absolute Gasteiger partial charge is 0.397 e. The highest BCUT2D eigenvalue weighted by Gasteiger charge is 2.33. The summed E-state index contributed by atoms with van der Waals surface area (Å²) in [6.07, 6.45) is 3.09. The first-order valence-corrected chi connectivity index (χ1v) is 11.0. The van der Waals surface area contributed by atoms with Crippen molar-refractivity contribution < 1.29 is 4.79 Å². The van der Waals surface area contributed by atoms with E-state index in [2.05, 4.69) is 24.9 Å². The van der Waals surface area contributed by atoms with Crippen molar-refractivity contribution >= 4 is 39.0 Å². The van der Waals surface area contributed by atoms with Crippen molar-refractivity contribution in [1.29, 1.82) is 5.26 Å². The van der Waals surface area contributed by atoms with E-state index in [0.717, 1.165) is 30.4 Å². The summed E-state index contributed by atoms with van der Waals surface area (Å²) >= 11 is 1.26. The highest BCUT2D eigenvalue weighted by atomic mass is 32.1. The summed E-state index contributed by atoms with van der Waals surface area (Å²) in [5.74, 6) is 0.0858. The van der Waals surface area contributed by atoms with Crippen LogP contribution >= 0.6 is 11.3 Å². The molecule has 3 aromatic rings. The van der Waals surface area contributed by atoms with Crippen LogP contribution in [-0.2, 0) is 0 Å². The average Bonchev–Trinajstić information content (AvgIpc) is 3.03. The zero-order valence-electron chi connectivity index (χ0n) is 17.4. The molecule has 4 rings (SSSR count). The smallest absolute Gasteiger partial charge is 0.266 e. The van der Waals surface area contributed by atoms with Gasteiger partial charge in [-0.1, -0.05) is 29.8 Å². The van der Waals surface area contributed by atoms with Gasteiger partial charge in [0.15, 0.2) is 0 Å². The van der Waals surface area contributed by atoms with Crippen molar-refractivity contribution in [2.24, 2.45) is 0 Å². The van der Waals surface area contributed by atoms with Gasteiger partial charge >= 0.3 is 0 Å². The average molecular weight is 420 g/mol. The van der Waals surface area contributed by atoms with Gasteiger partial charge in [0, 0.05) is 23.0 Å². The van der Waals surface area contributed by atoms with Gasteiger partial charge in [0.1, 0.15) is 27.2 Å². The number of aryl methyl sites for hydroxylation is 1. The molecule has 2 atom stereocenters. The number of thiophene rings is 1. The molecular weight excluding hydrogens is 394 g/mol. The van der Waals surface area contributed by atoms with E-state index in [1.165, 1.54) is 11.3 Å². The van der Waals surface area contributed by atoms with E-state index in [1.54, 1.807) is 0 Å². The predicted molar refractivity (Wildman–Crippen MR) is 122 cm³/mol. The van der Waals surface area contributed by atoms with E-state index >= 15 is 0 Å². The summed E-state index contributed by atoms with van der Waals surface area (Å²) in [7, 11) is 0. The Morgan fingerprint density at radius 2 is 1.83 bits per heavy atom. The summed E-state index contributed by atoms with van der Waals surface area (Å²) in [4.78, 5) is 20.9. The molecule has 1 amide bonds. The summed E-state index contributed by atoms with van der Waals surface area (Å²) in [5.41, 5.74) is 15.9. The van der Waals surface area contributed by atoms with Crippen LogP contribution in [0.25, 0.3) is 21.3 Å². The maximum atomic E-state index is 13.5. The highest BCUT2D eigenvalue weighted by Crippen LogP contribution is 2.43. The molecule has 7 heteroatoms. The monoisotopic (exact) mass is 419 g/mol. The number of hydrogen-bond acceptors (Lipinski definition) is 6. The van der Waals surface area contributed by atoms with Crippen LogP contribution in [0.2, 0.25) is 0 Å². The number of benzene rings is 1. The van der Waals surface area contributed by atoms with Gasteiger partial charge in [-0.15, -0.1) is 11.3 Å². The number of carbonyl (C=O) groups excluding carboxylic acids is 1. The minimum absolute atomic E-state index is 0.0675. The molecule has 0 aliphatic carbocycles. The lowest BCUT2D eigenvalue weighted by Crippen LogP contribution is -2.47. The third-order valence-corrected chi connectivity index (χ3v) is 7.07. The first kappa shape index (κ1) is 20.2. The molecule has 0 radical (unpaired) electrons. The number of piperidine rings is 1. The van der Waals surface area contributed by atoms with Crippen molar-refractivity contribution in [1.82, 2.24) is 9.88 Å². The second kappa shape index (κ2) is 7.62. The Morgan fingerprint density at radius 3 is 2.43 bits per heavy atom. The first-order valence-electron chi connectivity index (χ1n) is 10.1. The molecule has 6 nitrogen and oxygen atoms in total. The lowest BCUT2D eigenvalue weighted by atomic mass is 9.95. The Kier molecular flexibility index (Phi) is 5.12. The third kappa shape index (κ3) is 3.17. The number of aromatic nitrogens is 1. The van der Waals surface area contributed by atoms with E-state index in [0.29, 0.717) is 26.3 Å². The lowest BCUT2D eigenvalue weighted by Gasteiger charge is -2.38. The van der Waals surface area contributed by atoms with E-state index in [-0.39, 0.29) is 29.4 Å². The maximum Gasteiger partial charge on any atom is 0.266 e. The molecule has 0 spiro atoms. The van der Waals surface area contributed by atoms with Crippen LogP contribution in [-0.4, -0.2) is 27.9 Å². The maximum absolute atomic E-state index is 13.5. The van der Waals surface area contributed by atoms with Gasteiger partial charge in [0.2, 0.25) is 0 Å². The van der Waals surface area contributed by atoms with E-state index in [9.17, 15) is 10.1 Å². The summed E-state index contributed by atoms with van der Waals surface area (Å²) in [5, 5.41) is 10.4. The van der Waals surface area contributed by atoms with Crippen LogP contribution in [0.15, 0.2) is 24.3 Å². The molecule has 1 saturated heterocycles. The van der Waals surface area contributed by atoms with Gasteiger partial charge in [0.25, 0.3) is 5.91 Å². The van der Waals surface area contributed by atoms with Crippen molar-refractivity contribution in [3.63, 3.8) is 0 Å². The molecular formula is C23H25N5OS. The van der Waals surface area contributed by atoms with Crippen molar-refractivity contribution in [2.45, 2.75) is 52.1 Å². The standard InChI is InChI=1S/C23H25N5OS/c1-12-7-9-15(10-8-12)17-16(11-24)21(26)27-22-18(17)19(25)20(30-22)23(29)28-13(2)5-4-6-14(28)3/h7-10,13-14H,4-6,25H2,1-3H3,(H2,26,27)/t13-,14-/m1/s1. The molecule has 1 fully saturated rings. The molecule has 0 bridgehead atoms. The topological polar surface area (TPSA) is 109 Å². The van der Waals surface area contributed by atoms with Gasteiger partial charge in [-0.25, -0.2) is 4.98 Å². The van der Waals surface area contributed by atoms with Crippen molar-refractivity contribution in [3.05, 3.63) is 40.3 Å². The van der Waals surface area contributed by atoms with Crippen LogP contribution in [0.5, 0.6) is 0 Å². The Balaban J connectivity index is 1.94. The molecule has 30 heavy (non-hydrogen) atoms. The quantitative estimate of drug-likeness (QED) is 0.625. The number of fused-ring (bicyclic) bond motifs is 1. The third-order valence-electron chi connectivity index (χ3n) is 5.98. The predicted octanol–water partition coefficient (Wildman–Crippen LogP) is 4.71. The number of nitrogens with zero attached hydrogens (tertiary/aromatic N) is 3. The first-order chi connectivity index (χ1) is 14.3. The van der Waals surface area contributed by atoms with Crippen LogP contribution < -0.4 is 11.5 Å². The van der Waals surface area contributed by atoms with Gasteiger partial charge in [-0.3, -0.25) is 4.79 Å². The van der Waals surface area contributed by atoms with Crippen LogP contribution in [0.1, 0.15) is 53.9 Å². The number of nitrogens with two attached hydrogens (primary N) is 2. The zero-order valence-corrected chi connectivity index (χ0v) is 18.2. The van der Waals surface area contributed by atoms with Gasteiger partial charge < -0.3 is 16.4 Å². The minimum Gasteiger partial charge on any atom is -0.397 e. The molecule has 0 saturated carbocycles. The number of rotatable bonds is 2. The minimum atomic E-state index is -0.0675. The highest BCUT2D eigenvalue weighted by molar-refractivity contribution is 7.21. The Hall–Kier alpha value is -3.11. The Bertz CT molecular complexity index is 1170. The number of carbonyl (C=O) groups is 1. The summed E-state index contributed by atoms with van der Waals surface area (Å²) < 4.78 is 0. The fraction of sp³-hybridized carbons (Fsp3) is 0.348. The van der Waals surface area contributed by atoms with E-state index in [1.807, 2.05) is 36.1 Å². The summed E-state index contributed by atoms with van der Waals surface area (Å²) in [6.45, 7) is 6.17. The Morgan fingerprint density at radius 1 is 1.20 bits per heavy atom. The molecule has 1 aliphatic heterocycles. The fourth-order valence-corrected chi connectivity index (χ4v) is 5.45. The molecule has 2 aromatic heterocycles. The molecule has 3 heterocycles. The molecule has 1 aliphatic rings. The van der Waals surface area contributed by atoms with Gasteiger partial charge in [-0.05, 0) is 45.6 Å². The van der Waals surface area contributed by atoms with Crippen molar-refractivity contribution in [3.8, 4) is 17.2 Å². The SMILES string of the molecule is Cc1ccc(-c2c(C#N)c(N)nc3sc(C(=O)N4[C@H](C)CCC[C@H]4C)c(N)c23)cc1. The van der Waals surface area contributed by atoms with Gasteiger partial charge in [-0.2, -0.15) is 5.26 Å². The van der Waals surface area contributed by atoms with E-state index < -0.39 is 0 Å². The number of likely N-dealkylation sites (tertiary alicyclic amines) is 1. The van der Waals surface area contributed by atoms with Crippen LogP contribution in [0.3, 0.4) is 0 Å². The second-order valence-electron chi connectivity index (χ2n) is 8.09. The number of nitriles is 1. The second-order valence-corrected chi connectivity index (χ2v) is 9.09. The lowest BCUT2D eigenvalue weighted by molar-refractivity contribution is 0.0517. The number of hydrogen-bond donors (Lipinski definition) is 2. The number of anilines is 2. The van der Waals surface area contributed by atoms with Crippen LogP contribution in [0, 0.1) is 18.3 Å². The normalized spacial score (nSPS) is 19.1. The summed E-state index contributed by atoms with van der Waals surface area (Å²) in [6, 6.07) is 10.3. The number of pyridine rings is 1. The molecule has 0 unspecified atom stereocenters. The van der Waals surface area contributed by atoms with Gasteiger partial charge in [0.05, 0.1) is 5.69 Å². The van der Waals surface area contributed by atoms with Crippen LogP contribution in [0.4, 0.5) is 11.5 Å². The number of amides is 1. The van der Waals surface area contributed by atoms with Crippen molar-refractivity contribution in [2.75, 3.05) is 11.5 Å². The fourth-order valence-electron chi connectivity index (χ4n) is 4.39. The molecule has 1 aromatic carbocycles. The van der Waals surface area contributed by atoms with E-state index in [4.69, 9.17) is 11.5 Å². The zero-order chi connectivity index (χ0) is 21.6.